The summed E-state index contributed by atoms with van der Waals surface area (Å²) in [5.74, 6) is 0.308. The second-order valence-electron chi connectivity index (χ2n) is 3.75. The van der Waals surface area contributed by atoms with E-state index < -0.39 is 0 Å². The summed E-state index contributed by atoms with van der Waals surface area (Å²) < 4.78 is 0. The molecule has 0 aromatic heterocycles. The molecule has 0 saturated heterocycles. The van der Waals surface area contributed by atoms with Gasteiger partial charge in [-0.25, -0.2) is 0 Å². The van der Waals surface area contributed by atoms with Crippen LogP contribution in [0.25, 0.3) is 0 Å². The number of benzene rings is 1. The van der Waals surface area contributed by atoms with Crippen molar-refractivity contribution in [3.8, 4) is 5.75 Å². The summed E-state index contributed by atoms with van der Waals surface area (Å²) in [5, 5.41) is 9.36. The van der Waals surface area contributed by atoms with E-state index in [0.29, 0.717) is 10.7 Å². The first-order valence-corrected chi connectivity index (χ1v) is 5.81. The van der Waals surface area contributed by atoms with Crippen molar-refractivity contribution < 1.29 is 5.11 Å². The Hall–Kier alpha value is -1.13. The molecule has 1 rings (SSSR count). The average molecular weight is 238 g/mol. The van der Waals surface area contributed by atoms with E-state index in [9.17, 15) is 5.11 Å². The molecule has 1 aromatic rings. The number of hydrogen-bond donors (Lipinski definition) is 2. The van der Waals surface area contributed by atoms with E-state index in [1.807, 2.05) is 12.1 Å². The van der Waals surface area contributed by atoms with Gasteiger partial charge in [0.05, 0.1) is 4.99 Å². The van der Waals surface area contributed by atoms with Gasteiger partial charge >= 0.3 is 0 Å². The number of aromatic hydroxyl groups is 1. The summed E-state index contributed by atoms with van der Waals surface area (Å²) in [6, 6.07) is 7.31. The van der Waals surface area contributed by atoms with Crippen molar-refractivity contribution in [1.82, 2.24) is 4.90 Å². The molecule has 0 unspecified atom stereocenters. The van der Waals surface area contributed by atoms with E-state index in [0.717, 1.165) is 31.6 Å². The highest BCUT2D eigenvalue weighted by atomic mass is 32.1. The lowest BCUT2D eigenvalue weighted by Crippen LogP contribution is -2.27. The predicted octanol–water partition coefficient (Wildman–Crippen LogP) is 1.89. The summed E-state index contributed by atoms with van der Waals surface area (Å²) in [5.41, 5.74) is 6.58. The quantitative estimate of drug-likeness (QED) is 0.743. The zero-order chi connectivity index (χ0) is 12.0. The van der Waals surface area contributed by atoms with Gasteiger partial charge in [-0.15, -0.1) is 0 Å². The molecule has 0 saturated carbocycles. The Labute approximate surface area is 102 Å². The van der Waals surface area contributed by atoms with Gasteiger partial charge in [0.1, 0.15) is 5.75 Å². The molecule has 0 atom stereocenters. The van der Waals surface area contributed by atoms with Gasteiger partial charge in [-0.2, -0.15) is 0 Å². The third kappa shape index (κ3) is 4.59. The fourth-order valence-corrected chi connectivity index (χ4v) is 1.62. The van der Waals surface area contributed by atoms with Crippen LogP contribution in [0.4, 0.5) is 0 Å². The van der Waals surface area contributed by atoms with Crippen molar-refractivity contribution in [2.45, 2.75) is 19.9 Å². The van der Waals surface area contributed by atoms with Gasteiger partial charge < -0.3 is 10.8 Å². The number of phenolic OH excluding ortho intramolecular Hbond substituents is 1. The fraction of sp³-hybridized carbons (Fsp3) is 0.417. The van der Waals surface area contributed by atoms with Crippen LogP contribution in [0.1, 0.15) is 18.9 Å². The Morgan fingerprint density at radius 2 is 2.25 bits per heavy atom. The van der Waals surface area contributed by atoms with Crippen LogP contribution in [0.3, 0.4) is 0 Å². The molecule has 0 bridgehead atoms. The molecular weight excluding hydrogens is 220 g/mol. The van der Waals surface area contributed by atoms with Crippen LogP contribution in [0.5, 0.6) is 5.75 Å². The minimum Gasteiger partial charge on any atom is -0.508 e. The number of nitrogens with zero attached hydrogens (tertiary/aromatic N) is 1. The SMILES string of the molecule is CCN(CCC(N)=S)Cc1cccc(O)c1. The van der Waals surface area contributed by atoms with E-state index in [1.165, 1.54) is 0 Å². The average Bonchev–Trinajstić information content (AvgIpc) is 2.24. The smallest absolute Gasteiger partial charge is 0.115 e. The van der Waals surface area contributed by atoms with Gasteiger partial charge in [0.2, 0.25) is 0 Å². The van der Waals surface area contributed by atoms with Crippen molar-refractivity contribution in [3.05, 3.63) is 29.8 Å². The van der Waals surface area contributed by atoms with Gasteiger partial charge in [-0.1, -0.05) is 31.3 Å². The lowest BCUT2D eigenvalue weighted by molar-refractivity contribution is 0.288. The number of phenols is 1. The Bertz CT molecular complexity index is 355. The van der Waals surface area contributed by atoms with Crippen molar-refractivity contribution in [1.29, 1.82) is 0 Å². The zero-order valence-electron chi connectivity index (χ0n) is 9.52. The van der Waals surface area contributed by atoms with Crippen LogP contribution >= 0.6 is 12.2 Å². The minimum atomic E-state index is 0.308. The summed E-state index contributed by atoms with van der Waals surface area (Å²) in [4.78, 5) is 2.79. The highest BCUT2D eigenvalue weighted by Crippen LogP contribution is 2.12. The Kier molecular flexibility index (Phi) is 5.22. The zero-order valence-corrected chi connectivity index (χ0v) is 10.3. The Morgan fingerprint density at radius 1 is 1.50 bits per heavy atom. The number of rotatable bonds is 6. The number of hydrogen-bond acceptors (Lipinski definition) is 3. The monoisotopic (exact) mass is 238 g/mol. The first kappa shape index (κ1) is 12.9. The van der Waals surface area contributed by atoms with Crippen LogP contribution in [0, 0.1) is 0 Å². The van der Waals surface area contributed by atoms with E-state index in [4.69, 9.17) is 18.0 Å². The van der Waals surface area contributed by atoms with Gasteiger partial charge in [0.15, 0.2) is 0 Å². The predicted molar refractivity (Wildman–Crippen MR) is 70.5 cm³/mol. The van der Waals surface area contributed by atoms with Gasteiger partial charge in [-0.05, 0) is 24.2 Å². The molecule has 0 radical (unpaired) electrons. The molecule has 0 aliphatic heterocycles. The maximum atomic E-state index is 9.36. The summed E-state index contributed by atoms with van der Waals surface area (Å²) in [6.07, 6.45) is 0.738. The van der Waals surface area contributed by atoms with Crippen molar-refractivity contribution in [2.24, 2.45) is 5.73 Å². The molecule has 3 N–H and O–H groups in total. The summed E-state index contributed by atoms with van der Waals surface area (Å²) in [6.45, 7) is 4.72. The van der Waals surface area contributed by atoms with E-state index in [-0.39, 0.29) is 0 Å². The van der Waals surface area contributed by atoms with Crippen LogP contribution in [-0.4, -0.2) is 28.1 Å². The lowest BCUT2D eigenvalue weighted by atomic mass is 10.2. The minimum absolute atomic E-state index is 0.308. The first-order chi connectivity index (χ1) is 7.61. The second kappa shape index (κ2) is 6.45. The summed E-state index contributed by atoms with van der Waals surface area (Å²) in [7, 11) is 0. The van der Waals surface area contributed by atoms with E-state index >= 15 is 0 Å². The normalized spacial score (nSPS) is 10.6. The molecule has 88 valence electrons. The maximum absolute atomic E-state index is 9.36. The van der Waals surface area contributed by atoms with Crippen LogP contribution in [0.15, 0.2) is 24.3 Å². The highest BCUT2D eigenvalue weighted by molar-refractivity contribution is 7.80. The molecule has 0 spiro atoms. The Balaban J connectivity index is 2.52. The van der Waals surface area contributed by atoms with Crippen LogP contribution < -0.4 is 5.73 Å². The largest absolute Gasteiger partial charge is 0.508 e. The molecule has 0 aliphatic rings. The molecule has 0 amide bonds. The summed E-state index contributed by atoms with van der Waals surface area (Å²) >= 11 is 4.86. The first-order valence-electron chi connectivity index (χ1n) is 5.40. The standard InChI is InChI=1S/C12H18N2OS/c1-2-14(7-6-12(13)16)9-10-4-3-5-11(15)8-10/h3-5,8,15H,2,6-7,9H2,1H3,(H2,13,16). The highest BCUT2D eigenvalue weighted by Gasteiger charge is 2.04. The van der Waals surface area contributed by atoms with Crippen molar-refractivity contribution >= 4 is 17.2 Å². The van der Waals surface area contributed by atoms with E-state index in [1.54, 1.807) is 12.1 Å². The molecule has 0 aliphatic carbocycles. The maximum Gasteiger partial charge on any atom is 0.115 e. The molecule has 0 heterocycles. The molecule has 16 heavy (non-hydrogen) atoms. The third-order valence-electron chi connectivity index (χ3n) is 2.44. The fourth-order valence-electron chi connectivity index (χ4n) is 1.53. The Morgan fingerprint density at radius 3 is 2.81 bits per heavy atom. The third-order valence-corrected chi connectivity index (χ3v) is 2.64. The lowest BCUT2D eigenvalue weighted by Gasteiger charge is -2.20. The molecule has 4 heteroatoms. The van der Waals surface area contributed by atoms with Gasteiger partial charge in [-0.3, -0.25) is 4.90 Å². The second-order valence-corrected chi connectivity index (χ2v) is 4.28. The van der Waals surface area contributed by atoms with Crippen molar-refractivity contribution in [2.75, 3.05) is 13.1 Å². The topological polar surface area (TPSA) is 49.5 Å². The number of thiocarbonyl (C=S) groups is 1. The van der Waals surface area contributed by atoms with Crippen molar-refractivity contribution in [3.63, 3.8) is 0 Å². The number of nitrogens with two attached hydrogens (primary N) is 1. The van der Waals surface area contributed by atoms with E-state index in [2.05, 4.69) is 11.8 Å². The molecular formula is C12H18N2OS. The van der Waals surface area contributed by atoms with Gasteiger partial charge in [0, 0.05) is 19.5 Å². The molecule has 3 nitrogen and oxygen atoms in total. The molecule has 1 aromatic carbocycles. The van der Waals surface area contributed by atoms with Crippen LogP contribution in [-0.2, 0) is 6.54 Å². The van der Waals surface area contributed by atoms with Gasteiger partial charge in [0.25, 0.3) is 0 Å². The molecule has 0 fully saturated rings. The van der Waals surface area contributed by atoms with Crippen LogP contribution in [0.2, 0.25) is 0 Å².